The van der Waals surface area contributed by atoms with Gasteiger partial charge in [-0.15, -0.1) is 0 Å². The highest BCUT2D eigenvalue weighted by molar-refractivity contribution is 9.10. The van der Waals surface area contributed by atoms with Crippen LogP contribution in [0.15, 0.2) is 68.9 Å². The Balaban J connectivity index is 1.79. The summed E-state index contributed by atoms with van der Waals surface area (Å²) in [6, 6.07) is 11.6. The number of carbonyl (C=O) groups is 2. The molecule has 3 aromatic rings. The molecule has 29 heavy (non-hydrogen) atoms. The van der Waals surface area contributed by atoms with E-state index in [1.54, 1.807) is 36.5 Å². The number of hydrogen-bond donors (Lipinski definition) is 1. The zero-order chi connectivity index (χ0) is 20.5. The molecule has 0 saturated heterocycles. The fourth-order valence-electron chi connectivity index (χ4n) is 3.55. The molecule has 6 nitrogen and oxygen atoms in total. The molecule has 0 radical (unpaired) electrons. The van der Waals surface area contributed by atoms with Crippen LogP contribution in [0.5, 0.6) is 0 Å². The maximum absolute atomic E-state index is 13.3. The number of unbranched alkanes of at least 4 members (excludes halogenated alkanes) is 1. The first-order valence-electron chi connectivity index (χ1n) is 9.40. The monoisotopic (exact) mass is 454 g/mol. The molecule has 7 heteroatoms. The molecule has 0 spiro atoms. The number of furan rings is 1. The highest BCUT2D eigenvalue weighted by atomic mass is 79.9. The second kappa shape index (κ2) is 7.83. The van der Waals surface area contributed by atoms with Crippen LogP contribution in [0.4, 0.5) is 0 Å². The van der Waals surface area contributed by atoms with Crippen molar-refractivity contribution in [1.29, 1.82) is 0 Å². The molecule has 1 N–H and O–H groups in total. The number of aliphatic hydroxyl groups excluding tert-OH is 1. The third kappa shape index (κ3) is 3.46. The number of Topliss-reactive ketones (excluding diaryl/α,β-unsaturated/α-hetero) is 1. The van der Waals surface area contributed by atoms with Gasteiger partial charge in [0.15, 0.2) is 11.5 Å². The molecule has 1 aliphatic rings. The number of pyridine rings is 1. The molecule has 0 saturated carbocycles. The number of hydrogen-bond acceptors (Lipinski definition) is 5. The third-order valence-corrected chi connectivity index (χ3v) is 5.46. The molecule has 2 aromatic heterocycles. The summed E-state index contributed by atoms with van der Waals surface area (Å²) in [4.78, 5) is 31.9. The van der Waals surface area contributed by atoms with Gasteiger partial charge in [0.1, 0.15) is 11.6 Å². The van der Waals surface area contributed by atoms with E-state index in [4.69, 9.17) is 4.42 Å². The van der Waals surface area contributed by atoms with Crippen LogP contribution in [0.1, 0.15) is 42.1 Å². The largest absolute Gasteiger partial charge is 0.503 e. The normalized spacial score (nSPS) is 16.8. The number of nitrogens with zero attached hydrogens (tertiary/aromatic N) is 2. The molecule has 4 rings (SSSR count). The summed E-state index contributed by atoms with van der Waals surface area (Å²) in [5.74, 6) is -1.54. The van der Waals surface area contributed by atoms with Gasteiger partial charge in [0.2, 0.25) is 5.78 Å². The van der Waals surface area contributed by atoms with E-state index in [1.165, 1.54) is 4.90 Å². The van der Waals surface area contributed by atoms with Crippen molar-refractivity contribution >= 4 is 38.6 Å². The molecule has 1 aromatic carbocycles. The topological polar surface area (TPSA) is 83.6 Å². The van der Waals surface area contributed by atoms with E-state index in [2.05, 4.69) is 20.9 Å². The van der Waals surface area contributed by atoms with Crippen molar-refractivity contribution in [3.63, 3.8) is 0 Å². The Hall–Kier alpha value is -2.93. The van der Waals surface area contributed by atoms with E-state index in [1.807, 2.05) is 19.1 Å². The number of aromatic nitrogens is 1. The summed E-state index contributed by atoms with van der Waals surface area (Å²) < 4.78 is 6.58. The first kappa shape index (κ1) is 19.4. The third-order valence-electron chi connectivity index (χ3n) is 4.97. The van der Waals surface area contributed by atoms with Crippen LogP contribution in [0.3, 0.4) is 0 Å². The lowest BCUT2D eigenvalue weighted by Gasteiger charge is -2.25. The maximum Gasteiger partial charge on any atom is 0.290 e. The van der Waals surface area contributed by atoms with E-state index in [9.17, 15) is 14.7 Å². The quantitative estimate of drug-likeness (QED) is 0.531. The minimum atomic E-state index is -0.748. The number of halogens is 1. The Bertz CT molecular complexity index is 1120. The molecule has 3 heterocycles. The lowest BCUT2D eigenvalue weighted by molar-refractivity contribution is -0.129. The summed E-state index contributed by atoms with van der Waals surface area (Å²) in [6.07, 6.45) is 3.23. The highest BCUT2D eigenvalue weighted by Crippen LogP contribution is 2.39. The van der Waals surface area contributed by atoms with Crippen molar-refractivity contribution in [3.8, 4) is 0 Å². The van der Waals surface area contributed by atoms with E-state index in [-0.39, 0.29) is 11.3 Å². The van der Waals surface area contributed by atoms with Crippen molar-refractivity contribution < 1.29 is 19.1 Å². The fraction of sp³-hybridized carbons (Fsp3) is 0.227. The second-order valence-electron chi connectivity index (χ2n) is 6.89. The van der Waals surface area contributed by atoms with Crippen LogP contribution in [-0.2, 0) is 4.79 Å². The Morgan fingerprint density at radius 1 is 1.28 bits per heavy atom. The van der Waals surface area contributed by atoms with Crippen molar-refractivity contribution in [1.82, 2.24) is 9.88 Å². The number of amides is 1. The summed E-state index contributed by atoms with van der Waals surface area (Å²) >= 11 is 3.40. The first-order chi connectivity index (χ1) is 14.0. The molecule has 1 unspecified atom stereocenters. The van der Waals surface area contributed by atoms with E-state index in [0.29, 0.717) is 17.8 Å². The van der Waals surface area contributed by atoms with Crippen LogP contribution in [0.25, 0.3) is 11.0 Å². The van der Waals surface area contributed by atoms with Gasteiger partial charge >= 0.3 is 0 Å². The SMILES string of the molecule is CCCCN1C(=O)C(O)=C(C(=O)c2cc3cc(Br)ccc3o2)C1c1ccccn1. The van der Waals surface area contributed by atoms with Gasteiger partial charge in [-0.2, -0.15) is 0 Å². The van der Waals surface area contributed by atoms with E-state index in [0.717, 1.165) is 22.7 Å². The van der Waals surface area contributed by atoms with Crippen molar-refractivity contribution in [2.75, 3.05) is 6.54 Å². The van der Waals surface area contributed by atoms with Gasteiger partial charge in [-0.05, 0) is 42.8 Å². The number of ketones is 1. The zero-order valence-electron chi connectivity index (χ0n) is 15.8. The predicted molar refractivity (Wildman–Crippen MR) is 111 cm³/mol. The van der Waals surface area contributed by atoms with Gasteiger partial charge in [-0.1, -0.05) is 35.3 Å². The average Bonchev–Trinajstić information content (AvgIpc) is 3.25. The summed E-state index contributed by atoms with van der Waals surface area (Å²) in [7, 11) is 0. The number of fused-ring (bicyclic) bond motifs is 1. The minimum Gasteiger partial charge on any atom is -0.503 e. The van der Waals surface area contributed by atoms with Crippen LogP contribution in [0.2, 0.25) is 0 Å². The summed E-state index contributed by atoms with van der Waals surface area (Å²) in [5.41, 5.74) is 1.09. The van der Waals surface area contributed by atoms with Gasteiger partial charge in [0, 0.05) is 22.6 Å². The van der Waals surface area contributed by atoms with Gasteiger partial charge in [-0.25, -0.2) is 0 Å². The van der Waals surface area contributed by atoms with Crippen molar-refractivity contribution in [2.45, 2.75) is 25.8 Å². The molecular weight excluding hydrogens is 436 g/mol. The maximum atomic E-state index is 13.3. The van der Waals surface area contributed by atoms with Crippen LogP contribution < -0.4 is 0 Å². The number of aliphatic hydroxyl groups is 1. The van der Waals surface area contributed by atoms with E-state index < -0.39 is 23.5 Å². The summed E-state index contributed by atoms with van der Waals surface area (Å²) in [6.45, 7) is 2.44. The van der Waals surface area contributed by atoms with Gasteiger partial charge in [-0.3, -0.25) is 14.6 Å². The number of benzene rings is 1. The standard InChI is InChI=1S/C22H19BrN2O4/c1-2-3-10-25-19(15-6-4-5-9-24-15)18(21(27)22(25)28)20(26)17-12-13-11-14(23)7-8-16(13)29-17/h4-9,11-12,19,27H,2-3,10H2,1H3. The lowest BCUT2D eigenvalue weighted by atomic mass is 9.98. The van der Waals surface area contributed by atoms with Crippen molar-refractivity contribution in [3.05, 3.63) is 75.9 Å². The number of rotatable bonds is 6. The molecule has 0 bridgehead atoms. The first-order valence-corrected chi connectivity index (χ1v) is 10.2. The zero-order valence-corrected chi connectivity index (χ0v) is 17.3. The van der Waals surface area contributed by atoms with Gasteiger partial charge in [0.05, 0.1) is 11.3 Å². The second-order valence-corrected chi connectivity index (χ2v) is 7.81. The molecule has 148 valence electrons. The van der Waals surface area contributed by atoms with E-state index >= 15 is 0 Å². The van der Waals surface area contributed by atoms with Crippen LogP contribution >= 0.6 is 15.9 Å². The molecule has 0 aliphatic carbocycles. The molecule has 0 fully saturated rings. The van der Waals surface area contributed by atoms with Gasteiger partial charge in [0.25, 0.3) is 5.91 Å². The van der Waals surface area contributed by atoms with Crippen LogP contribution in [0, 0.1) is 0 Å². The Morgan fingerprint density at radius 3 is 2.83 bits per heavy atom. The van der Waals surface area contributed by atoms with Crippen molar-refractivity contribution in [2.24, 2.45) is 0 Å². The average molecular weight is 455 g/mol. The summed E-state index contributed by atoms with van der Waals surface area (Å²) in [5, 5.41) is 11.4. The molecule has 1 amide bonds. The Kier molecular flexibility index (Phi) is 5.24. The molecule has 1 aliphatic heterocycles. The predicted octanol–water partition coefficient (Wildman–Crippen LogP) is 4.97. The smallest absolute Gasteiger partial charge is 0.290 e. The minimum absolute atomic E-state index is 0.00271. The lowest BCUT2D eigenvalue weighted by Crippen LogP contribution is -2.32. The molecule has 1 atom stereocenters. The number of carbonyl (C=O) groups excluding carboxylic acids is 2. The molecular formula is C22H19BrN2O4. The fourth-order valence-corrected chi connectivity index (χ4v) is 3.93. The Morgan fingerprint density at radius 2 is 2.10 bits per heavy atom. The van der Waals surface area contributed by atoms with Crippen LogP contribution in [-0.4, -0.2) is 33.2 Å². The van der Waals surface area contributed by atoms with Gasteiger partial charge < -0.3 is 14.4 Å². The Labute approximate surface area is 176 Å². The highest BCUT2D eigenvalue weighted by Gasteiger charge is 2.44.